The van der Waals surface area contributed by atoms with E-state index in [0.29, 0.717) is 49.0 Å². The molecule has 0 unspecified atom stereocenters. The summed E-state index contributed by atoms with van der Waals surface area (Å²) in [6.07, 6.45) is -9.15. The normalized spacial score (nSPS) is 18.9. The highest BCUT2D eigenvalue weighted by Gasteiger charge is 2.38. The molecule has 0 aromatic heterocycles. The fraction of sp³-hybridized carbons (Fsp3) is 0.536. The van der Waals surface area contributed by atoms with Crippen LogP contribution in [0.15, 0.2) is 42.5 Å². The van der Waals surface area contributed by atoms with Crippen LogP contribution in [0.3, 0.4) is 0 Å². The SMILES string of the molecule is CN(C[C@@H](CCN1CC(N2CCC(F)CC2)C1)c1cccc(Cl)c1)C(=O)c1cc(C(F)(F)F)cc(C(F)(F)F)c1. The van der Waals surface area contributed by atoms with E-state index in [1.54, 1.807) is 18.2 Å². The number of amides is 1. The Kier molecular flexibility index (Phi) is 9.36. The summed E-state index contributed by atoms with van der Waals surface area (Å²) in [7, 11) is 1.36. The molecule has 4 rings (SSSR count). The van der Waals surface area contributed by atoms with Crippen LogP contribution in [0.1, 0.15) is 52.2 Å². The van der Waals surface area contributed by atoms with Crippen molar-refractivity contribution in [2.24, 2.45) is 0 Å². The summed E-state index contributed by atoms with van der Waals surface area (Å²) in [4.78, 5) is 18.8. The molecule has 0 bridgehead atoms. The molecule has 1 atom stereocenters. The molecule has 2 aliphatic heterocycles. The van der Waals surface area contributed by atoms with Crippen LogP contribution < -0.4 is 0 Å². The van der Waals surface area contributed by atoms with Gasteiger partial charge in [0.25, 0.3) is 5.91 Å². The van der Waals surface area contributed by atoms with E-state index in [4.69, 9.17) is 11.6 Å². The summed E-state index contributed by atoms with van der Waals surface area (Å²) < 4.78 is 93.4. The predicted octanol–water partition coefficient (Wildman–Crippen LogP) is 6.74. The van der Waals surface area contributed by atoms with Gasteiger partial charge in [-0.2, -0.15) is 26.3 Å². The first-order chi connectivity index (χ1) is 18.7. The van der Waals surface area contributed by atoms with Gasteiger partial charge in [-0.15, -0.1) is 0 Å². The lowest BCUT2D eigenvalue weighted by molar-refractivity contribution is -0.143. The molecule has 2 fully saturated rings. The van der Waals surface area contributed by atoms with Crippen molar-refractivity contribution in [3.8, 4) is 0 Å². The molecular weight excluding hydrogens is 563 g/mol. The zero-order valence-electron chi connectivity index (χ0n) is 21.9. The fourth-order valence-corrected chi connectivity index (χ4v) is 5.56. The summed E-state index contributed by atoms with van der Waals surface area (Å²) >= 11 is 6.18. The first kappa shape index (κ1) is 30.6. The molecule has 0 N–H and O–H groups in total. The van der Waals surface area contributed by atoms with Crippen molar-refractivity contribution in [3.63, 3.8) is 0 Å². The van der Waals surface area contributed by atoms with Crippen LogP contribution in [0.5, 0.6) is 0 Å². The summed E-state index contributed by atoms with van der Waals surface area (Å²) in [5, 5.41) is 0.476. The van der Waals surface area contributed by atoms with E-state index in [1.807, 2.05) is 6.07 Å². The lowest BCUT2D eigenvalue weighted by atomic mass is 9.93. The molecule has 2 aliphatic rings. The molecule has 2 aromatic rings. The number of nitrogens with zero attached hydrogens (tertiary/aromatic N) is 3. The number of halogens is 8. The molecule has 2 saturated heterocycles. The number of hydrogen-bond acceptors (Lipinski definition) is 3. The second-order valence-corrected chi connectivity index (χ2v) is 11.1. The third kappa shape index (κ3) is 7.67. The van der Waals surface area contributed by atoms with Crippen LogP contribution in [0, 0.1) is 0 Å². The van der Waals surface area contributed by atoms with Gasteiger partial charge in [0.05, 0.1) is 11.1 Å². The number of piperidine rings is 1. The van der Waals surface area contributed by atoms with Crippen LogP contribution in [-0.4, -0.2) is 79.1 Å². The van der Waals surface area contributed by atoms with Gasteiger partial charge >= 0.3 is 12.4 Å². The maximum Gasteiger partial charge on any atom is 0.416 e. The van der Waals surface area contributed by atoms with Crippen molar-refractivity contribution in [1.82, 2.24) is 14.7 Å². The van der Waals surface area contributed by atoms with Gasteiger partial charge in [-0.1, -0.05) is 23.7 Å². The quantitative estimate of drug-likeness (QED) is 0.317. The minimum absolute atomic E-state index is 0.00564. The van der Waals surface area contributed by atoms with Gasteiger partial charge in [0, 0.05) is 62.3 Å². The van der Waals surface area contributed by atoms with Gasteiger partial charge in [0.15, 0.2) is 0 Å². The van der Waals surface area contributed by atoms with E-state index in [-0.39, 0.29) is 18.5 Å². The van der Waals surface area contributed by atoms with E-state index < -0.39 is 41.1 Å². The maximum absolute atomic E-state index is 13.5. The Labute approximate surface area is 233 Å². The first-order valence-electron chi connectivity index (χ1n) is 13.1. The van der Waals surface area contributed by atoms with Gasteiger partial charge in [-0.25, -0.2) is 4.39 Å². The Morgan fingerprint density at radius 2 is 1.60 bits per heavy atom. The van der Waals surface area contributed by atoms with Crippen molar-refractivity contribution < 1.29 is 35.5 Å². The molecule has 12 heteroatoms. The number of carbonyl (C=O) groups is 1. The number of carbonyl (C=O) groups excluding carboxylic acids is 1. The number of likely N-dealkylation sites (tertiary alicyclic amines) is 2. The summed E-state index contributed by atoms with van der Waals surface area (Å²) in [6, 6.07) is 8.30. The Morgan fingerprint density at radius 1 is 1.00 bits per heavy atom. The first-order valence-corrected chi connectivity index (χ1v) is 13.5. The van der Waals surface area contributed by atoms with Gasteiger partial charge in [-0.05, 0) is 61.7 Å². The Balaban J connectivity index is 1.45. The van der Waals surface area contributed by atoms with Crippen molar-refractivity contribution in [2.75, 3.05) is 46.3 Å². The highest BCUT2D eigenvalue weighted by molar-refractivity contribution is 6.30. The number of benzene rings is 2. The smallest absolute Gasteiger partial charge is 0.341 e. The van der Waals surface area contributed by atoms with E-state index in [9.17, 15) is 35.5 Å². The second-order valence-electron chi connectivity index (χ2n) is 10.6. The van der Waals surface area contributed by atoms with E-state index in [2.05, 4.69) is 9.80 Å². The van der Waals surface area contributed by atoms with E-state index >= 15 is 0 Å². The van der Waals surface area contributed by atoms with Gasteiger partial charge in [0.2, 0.25) is 0 Å². The second kappa shape index (κ2) is 12.2. The monoisotopic (exact) mass is 593 g/mol. The predicted molar refractivity (Wildman–Crippen MR) is 138 cm³/mol. The standard InChI is InChI=1S/C28H31ClF7N3O/c1-37(26(40)20-11-21(27(31,32)33)14-22(12-20)28(34,35)36)15-19(18-3-2-4-23(29)13-18)5-8-38-16-25(17-38)39-9-6-24(30)7-10-39/h2-4,11-14,19,24-25H,5-10,15-17H2,1H3/t19-/m1/s1. The molecule has 40 heavy (non-hydrogen) atoms. The largest absolute Gasteiger partial charge is 0.416 e. The topological polar surface area (TPSA) is 26.8 Å². The molecule has 0 spiro atoms. The Bertz CT molecular complexity index is 1140. The number of rotatable bonds is 8. The molecule has 0 aliphatic carbocycles. The summed E-state index contributed by atoms with van der Waals surface area (Å²) in [5.74, 6) is -1.20. The summed E-state index contributed by atoms with van der Waals surface area (Å²) in [6.45, 7) is 3.89. The fourth-order valence-electron chi connectivity index (χ4n) is 5.36. The highest BCUT2D eigenvalue weighted by atomic mass is 35.5. The van der Waals surface area contributed by atoms with Crippen molar-refractivity contribution in [2.45, 2.75) is 49.7 Å². The third-order valence-electron chi connectivity index (χ3n) is 7.70. The van der Waals surface area contributed by atoms with Crippen LogP contribution in [0.25, 0.3) is 0 Å². The molecule has 1 amide bonds. The molecule has 2 aromatic carbocycles. The lowest BCUT2D eigenvalue weighted by Crippen LogP contribution is -2.61. The molecular formula is C28H31ClF7N3O. The van der Waals surface area contributed by atoms with Gasteiger partial charge < -0.3 is 9.80 Å². The molecule has 0 radical (unpaired) electrons. The molecule has 0 saturated carbocycles. The lowest BCUT2D eigenvalue weighted by Gasteiger charge is -2.47. The van der Waals surface area contributed by atoms with Crippen LogP contribution in [0.2, 0.25) is 5.02 Å². The third-order valence-corrected chi connectivity index (χ3v) is 7.94. The van der Waals surface area contributed by atoms with E-state index in [1.165, 1.54) is 7.05 Å². The minimum Gasteiger partial charge on any atom is -0.341 e. The van der Waals surface area contributed by atoms with Crippen LogP contribution in [0.4, 0.5) is 30.7 Å². The van der Waals surface area contributed by atoms with Crippen LogP contribution >= 0.6 is 11.6 Å². The highest BCUT2D eigenvalue weighted by Crippen LogP contribution is 2.37. The van der Waals surface area contributed by atoms with Crippen molar-refractivity contribution in [1.29, 1.82) is 0 Å². The summed E-state index contributed by atoms with van der Waals surface area (Å²) in [5.41, 5.74) is -2.94. The van der Waals surface area contributed by atoms with Gasteiger partial charge in [0.1, 0.15) is 6.17 Å². The number of alkyl halides is 7. The Morgan fingerprint density at radius 3 is 2.15 bits per heavy atom. The van der Waals surface area contributed by atoms with Gasteiger partial charge in [-0.3, -0.25) is 9.69 Å². The minimum atomic E-state index is -5.05. The molecule has 220 valence electrons. The molecule has 4 nitrogen and oxygen atoms in total. The van der Waals surface area contributed by atoms with Crippen LogP contribution in [-0.2, 0) is 12.4 Å². The Hall–Kier alpha value is -2.37. The zero-order chi connectivity index (χ0) is 29.2. The average molecular weight is 594 g/mol. The average Bonchev–Trinajstić information content (AvgIpc) is 2.86. The zero-order valence-corrected chi connectivity index (χ0v) is 22.7. The van der Waals surface area contributed by atoms with E-state index in [0.717, 1.165) is 36.6 Å². The van der Waals surface area contributed by atoms with Crippen molar-refractivity contribution >= 4 is 17.5 Å². The number of hydrogen-bond donors (Lipinski definition) is 0. The number of likely N-dealkylation sites (N-methyl/N-ethyl adjacent to an activating group) is 1. The van der Waals surface area contributed by atoms with Crippen molar-refractivity contribution in [3.05, 3.63) is 69.7 Å². The maximum atomic E-state index is 13.5. The molecule has 2 heterocycles.